The van der Waals surface area contributed by atoms with Crippen molar-refractivity contribution in [1.29, 1.82) is 0 Å². The second kappa shape index (κ2) is 7.70. The van der Waals surface area contributed by atoms with Crippen LogP contribution in [-0.4, -0.2) is 52.5 Å². The number of rotatable bonds is 5. The Balaban J connectivity index is 1.57. The van der Waals surface area contributed by atoms with Crippen molar-refractivity contribution in [3.63, 3.8) is 0 Å². The fourth-order valence-corrected chi connectivity index (χ4v) is 6.01. The number of carbonyl (C=O) groups excluding carboxylic acids is 1. The number of anilines is 1. The predicted molar refractivity (Wildman–Crippen MR) is 109 cm³/mol. The Hall–Kier alpha value is -2.55. The molecule has 2 aliphatic heterocycles. The van der Waals surface area contributed by atoms with Gasteiger partial charge in [-0.15, -0.1) is 0 Å². The molecule has 0 radical (unpaired) electrons. The van der Waals surface area contributed by atoms with Crippen molar-refractivity contribution in [1.82, 2.24) is 19.9 Å². The molecule has 0 unspecified atom stereocenters. The van der Waals surface area contributed by atoms with Crippen LogP contribution in [0.5, 0.6) is 0 Å². The summed E-state index contributed by atoms with van der Waals surface area (Å²) in [5, 5.41) is 2.56. The summed E-state index contributed by atoms with van der Waals surface area (Å²) in [6, 6.07) is 5.67. The molecule has 1 fully saturated rings. The highest BCUT2D eigenvalue weighted by Gasteiger charge is 2.48. The van der Waals surface area contributed by atoms with Gasteiger partial charge in [-0.2, -0.15) is 0 Å². The summed E-state index contributed by atoms with van der Waals surface area (Å²) >= 11 is 0. The molecule has 2 aromatic heterocycles. The molecule has 0 saturated carbocycles. The van der Waals surface area contributed by atoms with Crippen LogP contribution in [0.3, 0.4) is 0 Å². The molecule has 4 heterocycles. The van der Waals surface area contributed by atoms with Gasteiger partial charge in [0.1, 0.15) is 0 Å². The second-order valence-electron chi connectivity index (χ2n) is 8.13. The third kappa shape index (κ3) is 4.10. The number of aromatic nitrogens is 3. The van der Waals surface area contributed by atoms with Crippen LogP contribution in [-0.2, 0) is 26.9 Å². The van der Waals surface area contributed by atoms with Gasteiger partial charge in [0.15, 0.2) is 9.84 Å². The van der Waals surface area contributed by atoms with Crippen LogP contribution in [0.4, 0.5) is 5.95 Å². The average Bonchev–Trinajstić information content (AvgIpc) is 3.14. The summed E-state index contributed by atoms with van der Waals surface area (Å²) in [7, 11) is -3.34. The van der Waals surface area contributed by atoms with Crippen molar-refractivity contribution < 1.29 is 13.2 Å². The number of hydrogen-bond donors (Lipinski definition) is 1. The molecule has 2 aliphatic rings. The molecule has 9 heteroatoms. The Labute approximate surface area is 170 Å². The maximum absolute atomic E-state index is 12.8. The Morgan fingerprint density at radius 3 is 2.83 bits per heavy atom. The molecule has 154 valence electrons. The predicted octanol–water partition coefficient (Wildman–Crippen LogP) is 1.75. The standard InChI is InChI=1S/C20H25N5O3S/c1-13(2)7-18(26)25-10-16-17(11-25)29(27,28)12-14-8-22-20(24-19(14)16)23-9-15-5-3-4-6-21-15/h3-6,8,13,16-17H,7,9-12H2,1-2H3,(H,22,23,24)/t16-,17+/m1/s1. The molecule has 0 aromatic carbocycles. The minimum atomic E-state index is -3.34. The van der Waals surface area contributed by atoms with Crippen LogP contribution in [0.2, 0.25) is 0 Å². The summed E-state index contributed by atoms with van der Waals surface area (Å²) in [6.45, 7) is 5.09. The van der Waals surface area contributed by atoms with Crippen LogP contribution in [0.1, 0.15) is 43.1 Å². The molecule has 1 saturated heterocycles. The van der Waals surface area contributed by atoms with E-state index in [0.29, 0.717) is 31.0 Å². The van der Waals surface area contributed by atoms with Gasteiger partial charge in [0, 0.05) is 43.4 Å². The van der Waals surface area contributed by atoms with E-state index >= 15 is 0 Å². The van der Waals surface area contributed by atoms with Gasteiger partial charge < -0.3 is 10.2 Å². The first kappa shape index (κ1) is 19.8. The molecule has 2 atom stereocenters. The molecular weight excluding hydrogens is 390 g/mol. The van der Waals surface area contributed by atoms with E-state index in [0.717, 1.165) is 11.4 Å². The van der Waals surface area contributed by atoms with Gasteiger partial charge in [0.05, 0.1) is 28.9 Å². The maximum atomic E-state index is 12.8. The van der Waals surface area contributed by atoms with E-state index in [-0.39, 0.29) is 30.0 Å². The molecular formula is C20H25N5O3S. The highest BCUT2D eigenvalue weighted by Crippen LogP contribution is 2.39. The van der Waals surface area contributed by atoms with Crippen molar-refractivity contribution in [3.8, 4) is 0 Å². The zero-order chi connectivity index (χ0) is 20.6. The minimum Gasteiger partial charge on any atom is -0.349 e. The van der Waals surface area contributed by atoms with E-state index in [1.807, 2.05) is 32.0 Å². The number of sulfone groups is 1. The number of fused-ring (bicyclic) bond motifs is 3. The second-order valence-corrected chi connectivity index (χ2v) is 10.3. The van der Waals surface area contributed by atoms with Crippen molar-refractivity contribution in [3.05, 3.63) is 47.5 Å². The number of hydrogen-bond acceptors (Lipinski definition) is 7. The van der Waals surface area contributed by atoms with Gasteiger partial charge in [0.25, 0.3) is 0 Å². The smallest absolute Gasteiger partial charge is 0.223 e. The Morgan fingerprint density at radius 1 is 1.28 bits per heavy atom. The lowest BCUT2D eigenvalue weighted by Gasteiger charge is -2.26. The lowest BCUT2D eigenvalue weighted by molar-refractivity contribution is -0.130. The van der Waals surface area contributed by atoms with Gasteiger partial charge in [-0.05, 0) is 18.1 Å². The summed E-state index contributed by atoms with van der Waals surface area (Å²) in [6.07, 6.45) is 3.74. The van der Waals surface area contributed by atoms with Crippen LogP contribution >= 0.6 is 0 Å². The zero-order valence-electron chi connectivity index (χ0n) is 16.6. The van der Waals surface area contributed by atoms with E-state index < -0.39 is 15.1 Å². The molecule has 1 N–H and O–H groups in total. The minimum absolute atomic E-state index is 0.00806. The maximum Gasteiger partial charge on any atom is 0.223 e. The Kier molecular flexibility index (Phi) is 5.24. The molecule has 0 bridgehead atoms. The Morgan fingerprint density at radius 2 is 2.10 bits per heavy atom. The summed E-state index contributed by atoms with van der Waals surface area (Å²) in [4.78, 5) is 27.4. The van der Waals surface area contributed by atoms with Gasteiger partial charge in [0.2, 0.25) is 11.9 Å². The van der Waals surface area contributed by atoms with Crippen LogP contribution in [0, 0.1) is 5.92 Å². The molecule has 2 aromatic rings. The molecule has 29 heavy (non-hydrogen) atoms. The van der Waals surface area contributed by atoms with Crippen molar-refractivity contribution in [2.75, 3.05) is 18.4 Å². The van der Waals surface area contributed by atoms with Crippen molar-refractivity contribution >= 4 is 21.7 Å². The SMILES string of the molecule is CC(C)CC(=O)N1C[C@H]2c3nc(NCc4ccccn4)ncc3CS(=O)(=O)[C@H]2C1. The lowest BCUT2D eigenvalue weighted by Crippen LogP contribution is -2.36. The average molecular weight is 416 g/mol. The number of pyridine rings is 1. The topological polar surface area (TPSA) is 105 Å². The normalized spacial score (nSPS) is 22.2. The van der Waals surface area contributed by atoms with Crippen LogP contribution in [0.25, 0.3) is 0 Å². The number of carbonyl (C=O) groups is 1. The third-order valence-corrected chi connectivity index (χ3v) is 7.54. The quantitative estimate of drug-likeness (QED) is 0.793. The van der Waals surface area contributed by atoms with Crippen LogP contribution < -0.4 is 5.32 Å². The fraction of sp³-hybridized carbons (Fsp3) is 0.500. The molecule has 0 aliphatic carbocycles. The summed E-state index contributed by atoms with van der Waals surface area (Å²) in [5.41, 5.74) is 2.23. The monoisotopic (exact) mass is 415 g/mol. The van der Waals surface area contributed by atoms with Gasteiger partial charge >= 0.3 is 0 Å². The highest BCUT2D eigenvalue weighted by molar-refractivity contribution is 7.91. The van der Waals surface area contributed by atoms with Crippen LogP contribution in [0.15, 0.2) is 30.6 Å². The van der Waals surface area contributed by atoms with E-state index in [1.165, 1.54) is 0 Å². The number of nitrogens with one attached hydrogen (secondary N) is 1. The van der Waals surface area contributed by atoms with Gasteiger partial charge in [-0.1, -0.05) is 19.9 Å². The fourth-order valence-electron chi connectivity index (χ4n) is 4.02. The first-order valence-electron chi connectivity index (χ1n) is 9.82. The van der Waals surface area contributed by atoms with Gasteiger partial charge in [-0.3, -0.25) is 9.78 Å². The van der Waals surface area contributed by atoms with E-state index in [2.05, 4.69) is 20.3 Å². The van der Waals surface area contributed by atoms with Crippen molar-refractivity contribution in [2.24, 2.45) is 5.92 Å². The first-order chi connectivity index (χ1) is 13.8. The molecule has 4 rings (SSSR count). The van der Waals surface area contributed by atoms with Gasteiger partial charge in [-0.25, -0.2) is 18.4 Å². The number of amides is 1. The lowest BCUT2D eigenvalue weighted by atomic mass is 10.00. The highest BCUT2D eigenvalue weighted by atomic mass is 32.2. The molecule has 1 amide bonds. The molecule has 8 nitrogen and oxygen atoms in total. The first-order valence-corrected chi connectivity index (χ1v) is 11.5. The largest absolute Gasteiger partial charge is 0.349 e. The number of nitrogens with zero attached hydrogens (tertiary/aromatic N) is 4. The summed E-state index contributed by atoms with van der Waals surface area (Å²) in [5.74, 6) is 0.307. The van der Waals surface area contributed by atoms with Crippen molar-refractivity contribution in [2.45, 2.75) is 43.7 Å². The Bertz CT molecular complexity index is 1010. The number of likely N-dealkylation sites (tertiary alicyclic amines) is 1. The van der Waals surface area contributed by atoms with E-state index in [9.17, 15) is 13.2 Å². The summed E-state index contributed by atoms with van der Waals surface area (Å²) < 4.78 is 25.6. The van der Waals surface area contributed by atoms with E-state index in [1.54, 1.807) is 17.3 Å². The third-order valence-electron chi connectivity index (χ3n) is 5.42. The molecule has 0 spiro atoms. The zero-order valence-corrected chi connectivity index (χ0v) is 17.4. The van der Waals surface area contributed by atoms with E-state index in [4.69, 9.17) is 0 Å².